The Bertz CT molecular complexity index is 502. The summed E-state index contributed by atoms with van der Waals surface area (Å²) in [6.45, 7) is 2.07. The van der Waals surface area contributed by atoms with Gasteiger partial charge < -0.3 is 4.74 Å². The number of benzene rings is 1. The summed E-state index contributed by atoms with van der Waals surface area (Å²) in [5.41, 5.74) is 5.17. The first kappa shape index (κ1) is 11.7. The molecule has 1 aromatic carbocycles. The van der Waals surface area contributed by atoms with Crippen molar-refractivity contribution >= 4 is 23.2 Å². The largest absolute Gasteiger partial charge is 0.497 e. The van der Waals surface area contributed by atoms with Crippen LogP contribution in [0.15, 0.2) is 40.8 Å². The summed E-state index contributed by atoms with van der Waals surface area (Å²) in [6.07, 6.45) is 1.84. The second-order valence-electron chi connectivity index (χ2n) is 3.57. The van der Waals surface area contributed by atoms with E-state index in [0.29, 0.717) is 0 Å². The van der Waals surface area contributed by atoms with Crippen LogP contribution >= 0.6 is 11.3 Å². The maximum absolute atomic E-state index is 5.08. The monoisotopic (exact) mass is 246 g/mol. The molecule has 88 valence electrons. The Morgan fingerprint density at radius 1 is 1.24 bits per heavy atom. The molecule has 4 heteroatoms. The minimum atomic E-state index is 0.841. The van der Waals surface area contributed by atoms with Gasteiger partial charge in [0.25, 0.3) is 0 Å². The van der Waals surface area contributed by atoms with E-state index >= 15 is 0 Å². The number of thiophene rings is 1. The molecule has 0 saturated carbocycles. The van der Waals surface area contributed by atoms with Crippen LogP contribution in [0.2, 0.25) is 0 Å². The van der Waals surface area contributed by atoms with Crippen molar-refractivity contribution in [1.82, 2.24) is 0 Å². The summed E-state index contributed by atoms with van der Waals surface area (Å²) < 4.78 is 5.08. The average molecular weight is 246 g/mol. The minimum absolute atomic E-state index is 0.841. The molecule has 1 aromatic heterocycles. The van der Waals surface area contributed by atoms with Crippen molar-refractivity contribution in [3.8, 4) is 5.75 Å². The van der Waals surface area contributed by atoms with Gasteiger partial charge in [0.15, 0.2) is 0 Å². The molecule has 0 aliphatic carbocycles. The third kappa shape index (κ3) is 3.07. The number of ether oxygens (including phenoxy) is 1. The number of nitrogens with zero attached hydrogens (tertiary/aromatic N) is 1. The van der Waals surface area contributed by atoms with Gasteiger partial charge in [0.1, 0.15) is 5.75 Å². The molecule has 0 unspecified atom stereocenters. The lowest BCUT2D eigenvalue weighted by Gasteiger charge is -2.02. The number of nitrogens with one attached hydrogen (secondary N) is 1. The van der Waals surface area contributed by atoms with E-state index in [2.05, 4.69) is 28.9 Å². The Kier molecular flexibility index (Phi) is 3.77. The molecule has 17 heavy (non-hydrogen) atoms. The van der Waals surface area contributed by atoms with Gasteiger partial charge in [-0.1, -0.05) is 0 Å². The third-order valence-corrected chi connectivity index (χ3v) is 3.32. The van der Waals surface area contributed by atoms with Gasteiger partial charge in [0.05, 0.1) is 19.0 Å². The molecule has 2 aromatic rings. The number of hydrazone groups is 1. The summed E-state index contributed by atoms with van der Waals surface area (Å²) in [4.78, 5) is 1.17. The zero-order chi connectivity index (χ0) is 12.1. The van der Waals surface area contributed by atoms with E-state index in [9.17, 15) is 0 Å². The van der Waals surface area contributed by atoms with Crippen molar-refractivity contribution < 1.29 is 4.74 Å². The highest BCUT2D eigenvalue weighted by Gasteiger charge is 1.95. The van der Waals surface area contributed by atoms with Crippen molar-refractivity contribution in [2.75, 3.05) is 12.5 Å². The Hall–Kier alpha value is -1.81. The fourth-order valence-corrected chi connectivity index (χ4v) is 2.13. The number of hydrogen-bond donors (Lipinski definition) is 1. The molecule has 0 atom stereocenters. The normalized spacial score (nSPS) is 10.7. The van der Waals surface area contributed by atoms with Crippen LogP contribution in [-0.2, 0) is 0 Å². The van der Waals surface area contributed by atoms with Gasteiger partial charge in [-0.3, -0.25) is 5.43 Å². The van der Waals surface area contributed by atoms with Crippen molar-refractivity contribution in [1.29, 1.82) is 0 Å². The standard InChI is InChI=1S/C13H14N2OS/c1-10-7-8-17-13(10)9-14-15-11-3-5-12(16-2)6-4-11/h3-9,15H,1-2H3/b14-9+. The quantitative estimate of drug-likeness (QED) is 0.661. The van der Waals surface area contributed by atoms with Crippen LogP contribution < -0.4 is 10.2 Å². The highest BCUT2D eigenvalue weighted by atomic mass is 32.1. The number of aryl methyl sites for hydroxylation is 1. The van der Waals surface area contributed by atoms with Crippen molar-refractivity contribution in [3.63, 3.8) is 0 Å². The van der Waals surface area contributed by atoms with Crippen LogP contribution in [-0.4, -0.2) is 13.3 Å². The zero-order valence-corrected chi connectivity index (χ0v) is 10.6. The topological polar surface area (TPSA) is 33.6 Å². The Balaban J connectivity index is 1.97. The summed E-state index contributed by atoms with van der Waals surface area (Å²) >= 11 is 1.68. The zero-order valence-electron chi connectivity index (χ0n) is 9.81. The summed E-state index contributed by atoms with van der Waals surface area (Å²) in [5, 5.41) is 6.25. The van der Waals surface area contributed by atoms with Gasteiger partial charge in [-0.2, -0.15) is 5.10 Å². The maximum Gasteiger partial charge on any atom is 0.119 e. The minimum Gasteiger partial charge on any atom is -0.497 e. The fourth-order valence-electron chi connectivity index (χ4n) is 1.35. The van der Waals surface area contributed by atoms with Crippen LogP contribution in [0.3, 0.4) is 0 Å². The fraction of sp³-hybridized carbons (Fsp3) is 0.154. The predicted molar refractivity (Wildman–Crippen MR) is 73.3 cm³/mol. The molecule has 1 heterocycles. The van der Waals surface area contributed by atoms with Gasteiger partial charge in [0, 0.05) is 4.88 Å². The van der Waals surface area contributed by atoms with E-state index in [0.717, 1.165) is 11.4 Å². The first-order chi connectivity index (χ1) is 8.29. The van der Waals surface area contributed by atoms with Crippen LogP contribution in [0.25, 0.3) is 0 Å². The maximum atomic E-state index is 5.08. The van der Waals surface area contributed by atoms with E-state index in [1.807, 2.05) is 30.5 Å². The van der Waals surface area contributed by atoms with E-state index in [1.165, 1.54) is 10.4 Å². The lowest BCUT2D eigenvalue weighted by atomic mass is 10.3. The second kappa shape index (κ2) is 5.50. The van der Waals surface area contributed by atoms with Gasteiger partial charge in [-0.15, -0.1) is 11.3 Å². The number of methoxy groups -OCH3 is 1. The summed E-state index contributed by atoms with van der Waals surface area (Å²) in [7, 11) is 1.65. The Morgan fingerprint density at radius 2 is 2.00 bits per heavy atom. The lowest BCUT2D eigenvalue weighted by Crippen LogP contribution is -1.90. The molecule has 0 amide bonds. The smallest absolute Gasteiger partial charge is 0.119 e. The number of anilines is 1. The lowest BCUT2D eigenvalue weighted by molar-refractivity contribution is 0.415. The number of rotatable bonds is 4. The van der Waals surface area contributed by atoms with E-state index < -0.39 is 0 Å². The van der Waals surface area contributed by atoms with Crippen molar-refractivity contribution in [2.24, 2.45) is 5.10 Å². The van der Waals surface area contributed by atoms with Crippen LogP contribution in [0.1, 0.15) is 10.4 Å². The molecule has 3 nitrogen and oxygen atoms in total. The van der Waals surface area contributed by atoms with Gasteiger partial charge in [0.2, 0.25) is 0 Å². The first-order valence-corrected chi connectivity index (χ1v) is 6.15. The second-order valence-corrected chi connectivity index (χ2v) is 4.51. The van der Waals surface area contributed by atoms with E-state index in [4.69, 9.17) is 4.74 Å². The highest BCUT2D eigenvalue weighted by molar-refractivity contribution is 7.11. The molecule has 0 saturated heterocycles. The van der Waals surface area contributed by atoms with Crippen LogP contribution in [0.5, 0.6) is 5.75 Å². The summed E-state index contributed by atoms with van der Waals surface area (Å²) in [6, 6.07) is 9.73. The van der Waals surface area contributed by atoms with Gasteiger partial charge >= 0.3 is 0 Å². The molecule has 0 radical (unpaired) electrons. The molecule has 0 fully saturated rings. The van der Waals surface area contributed by atoms with E-state index in [1.54, 1.807) is 18.4 Å². The van der Waals surface area contributed by atoms with Crippen LogP contribution in [0.4, 0.5) is 5.69 Å². The molecular weight excluding hydrogens is 232 g/mol. The molecule has 0 aliphatic heterocycles. The molecule has 0 bridgehead atoms. The third-order valence-electron chi connectivity index (χ3n) is 2.37. The highest BCUT2D eigenvalue weighted by Crippen LogP contribution is 2.15. The molecule has 0 spiro atoms. The average Bonchev–Trinajstić information content (AvgIpc) is 2.76. The molecule has 2 rings (SSSR count). The molecule has 0 aliphatic rings. The van der Waals surface area contributed by atoms with Crippen molar-refractivity contribution in [2.45, 2.75) is 6.92 Å². The number of hydrogen-bond acceptors (Lipinski definition) is 4. The SMILES string of the molecule is COc1ccc(N/N=C/c2sccc2C)cc1. The Morgan fingerprint density at radius 3 is 2.59 bits per heavy atom. The molecule has 1 N–H and O–H groups in total. The predicted octanol–water partition coefficient (Wildman–Crippen LogP) is 3.51. The molecular formula is C13H14N2OS. The van der Waals surface area contributed by atoms with Gasteiger partial charge in [-0.05, 0) is 48.2 Å². The summed E-state index contributed by atoms with van der Waals surface area (Å²) in [5.74, 6) is 0.841. The van der Waals surface area contributed by atoms with Gasteiger partial charge in [-0.25, -0.2) is 0 Å². The van der Waals surface area contributed by atoms with Crippen LogP contribution in [0, 0.1) is 6.92 Å². The Labute approximate surface area is 105 Å². The first-order valence-electron chi connectivity index (χ1n) is 5.27. The van der Waals surface area contributed by atoms with E-state index in [-0.39, 0.29) is 0 Å². The van der Waals surface area contributed by atoms with Crippen molar-refractivity contribution in [3.05, 3.63) is 46.2 Å².